The van der Waals surface area contributed by atoms with Crippen molar-refractivity contribution in [1.29, 1.82) is 0 Å². The van der Waals surface area contributed by atoms with Gasteiger partial charge in [0.15, 0.2) is 10.8 Å². The van der Waals surface area contributed by atoms with E-state index in [0.29, 0.717) is 5.56 Å². The highest BCUT2D eigenvalue weighted by Gasteiger charge is 2.27. The molecule has 0 aliphatic heterocycles. The second-order valence-electron chi connectivity index (χ2n) is 3.69. The van der Waals surface area contributed by atoms with E-state index in [1.54, 1.807) is 0 Å². The molecule has 0 saturated heterocycles. The van der Waals surface area contributed by atoms with Crippen molar-refractivity contribution in [3.63, 3.8) is 0 Å². The summed E-state index contributed by atoms with van der Waals surface area (Å²) in [6.07, 6.45) is 0. The van der Waals surface area contributed by atoms with Crippen molar-refractivity contribution in [3.05, 3.63) is 5.56 Å². The van der Waals surface area contributed by atoms with Gasteiger partial charge >= 0.3 is 0 Å². The molecule has 12 heavy (non-hydrogen) atoms. The minimum atomic E-state index is -0.356. The second kappa shape index (κ2) is 2.55. The maximum atomic E-state index is 9.35. The summed E-state index contributed by atoms with van der Waals surface area (Å²) in [6, 6.07) is 0. The zero-order chi connectivity index (χ0) is 9.52. The highest BCUT2D eigenvalue weighted by Crippen LogP contribution is 2.49. The van der Waals surface area contributed by atoms with Gasteiger partial charge in [0.25, 0.3) is 0 Å². The van der Waals surface area contributed by atoms with Crippen LogP contribution >= 0.6 is 11.3 Å². The molecule has 0 fully saturated rings. The van der Waals surface area contributed by atoms with Crippen LogP contribution in [-0.2, 0) is 5.41 Å². The van der Waals surface area contributed by atoms with Crippen LogP contribution in [0.15, 0.2) is 0 Å². The van der Waals surface area contributed by atoms with Gasteiger partial charge in [-0.1, -0.05) is 32.1 Å². The average Bonchev–Trinajstić information content (AvgIpc) is 2.05. The second-order valence-corrected chi connectivity index (χ2v) is 4.66. The highest BCUT2D eigenvalue weighted by atomic mass is 32.1. The Hall–Kier alpha value is -0.900. The molecular formula is C8H12O3S. The summed E-state index contributed by atoms with van der Waals surface area (Å²) in [6.45, 7) is 5.57. The summed E-state index contributed by atoms with van der Waals surface area (Å²) >= 11 is 0.784. The topological polar surface area (TPSA) is 60.7 Å². The fourth-order valence-corrected chi connectivity index (χ4v) is 1.96. The lowest BCUT2D eigenvalue weighted by Crippen LogP contribution is -2.09. The minimum Gasteiger partial charge on any atom is -0.503 e. The first-order valence-corrected chi connectivity index (χ1v) is 4.40. The van der Waals surface area contributed by atoms with E-state index in [9.17, 15) is 10.2 Å². The maximum absolute atomic E-state index is 9.35. The van der Waals surface area contributed by atoms with Crippen LogP contribution in [-0.4, -0.2) is 15.3 Å². The highest BCUT2D eigenvalue weighted by molar-refractivity contribution is 7.16. The van der Waals surface area contributed by atoms with Crippen molar-refractivity contribution in [3.8, 4) is 15.9 Å². The molecule has 1 rings (SSSR count). The number of aromatic hydroxyl groups is 3. The van der Waals surface area contributed by atoms with Crippen molar-refractivity contribution < 1.29 is 15.3 Å². The van der Waals surface area contributed by atoms with Gasteiger partial charge in [0.2, 0.25) is 5.06 Å². The lowest BCUT2D eigenvalue weighted by Gasteiger charge is -2.17. The first kappa shape index (κ1) is 9.19. The molecule has 3 nitrogen and oxygen atoms in total. The third-order valence-electron chi connectivity index (χ3n) is 1.60. The van der Waals surface area contributed by atoms with Crippen LogP contribution in [0.3, 0.4) is 0 Å². The fourth-order valence-electron chi connectivity index (χ4n) is 1.08. The van der Waals surface area contributed by atoms with Crippen LogP contribution in [0.5, 0.6) is 15.9 Å². The molecule has 0 aliphatic carbocycles. The Labute approximate surface area is 74.9 Å². The first-order valence-electron chi connectivity index (χ1n) is 3.58. The Kier molecular flexibility index (Phi) is 1.96. The van der Waals surface area contributed by atoms with Gasteiger partial charge in [-0.25, -0.2) is 0 Å². The zero-order valence-electron chi connectivity index (χ0n) is 7.25. The Balaban J connectivity index is 3.32. The lowest BCUT2D eigenvalue weighted by molar-refractivity contribution is 0.393. The molecule has 0 aromatic carbocycles. The molecule has 68 valence electrons. The standard InChI is InChI=1S/C8H12O3S/c1-8(2,3)4-5(9)7(11)12-6(4)10/h9-11H,1-3H3. The predicted molar refractivity (Wildman–Crippen MR) is 48.0 cm³/mol. The van der Waals surface area contributed by atoms with Crippen LogP contribution in [0, 0.1) is 0 Å². The van der Waals surface area contributed by atoms with Gasteiger partial charge in [-0.2, -0.15) is 0 Å². The molecule has 0 atom stereocenters. The summed E-state index contributed by atoms with van der Waals surface area (Å²) in [5.41, 5.74) is 0.0519. The lowest BCUT2D eigenvalue weighted by atomic mass is 9.88. The molecule has 0 aliphatic rings. The Bertz CT molecular complexity index is 296. The van der Waals surface area contributed by atoms with Crippen molar-refractivity contribution in [2.24, 2.45) is 0 Å². The summed E-state index contributed by atoms with van der Waals surface area (Å²) in [5.74, 6) is -0.204. The van der Waals surface area contributed by atoms with E-state index < -0.39 is 0 Å². The molecule has 0 radical (unpaired) electrons. The van der Waals surface area contributed by atoms with Crippen molar-refractivity contribution in [2.75, 3.05) is 0 Å². The summed E-state index contributed by atoms with van der Waals surface area (Å²) < 4.78 is 0. The molecule has 0 spiro atoms. The third-order valence-corrected chi connectivity index (χ3v) is 2.38. The number of rotatable bonds is 0. The molecular weight excluding hydrogens is 176 g/mol. The maximum Gasteiger partial charge on any atom is 0.218 e. The summed E-state index contributed by atoms with van der Waals surface area (Å²) in [7, 11) is 0. The number of thiophene rings is 1. The van der Waals surface area contributed by atoms with Gasteiger partial charge in [0, 0.05) is 0 Å². The zero-order valence-corrected chi connectivity index (χ0v) is 8.07. The van der Waals surface area contributed by atoms with E-state index >= 15 is 0 Å². The van der Waals surface area contributed by atoms with Crippen LogP contribution in [0.4, 0.5) is 0 Å². The van der Waals surface area contributed by atoms with Gasteiger partial charge in [-0.15, -0.1) is 0 Å². The Morgan fingerprint density at radius 2 is 1.50 bits per heavy atom. The Morgan fingerprint density at radius 1 is 1.00 bits per heavy atom. The van der Waals surface area contributed by atoms with E-state index in [1.165, 1.54) is 0 Å². The van der Waals surface area contributed by atoms with Gasteiger partial charge in [0.1, 0.15) is 0 Å². The van der Waals surface area contributed by atoms with E-state index in [4.69, 9.17) is 5.11 Å². The molecule has 4 heteroatoms. The summed E-state index contributed by atoms with van der Waals surface area (Å²) in [5, 5.41) is 27.6. The summed E-state index contributed by atoms with van der Waals surface area (Å²) in [4.78, 5) is 0. The fraction of sp³-hybridized carbons (Fsp3) is 0.500. The molecule has 3 N–H and O–H groups in total. The minimum absolute atomic E-state index is 0.0162. The smallest absolute Gasteiger partial charge is 0.218 e. The first-order chi connectivity index (χ1) is 5.34. The molecule has 0 amide bonds. The van der Waals surface area contributed by atoms with Crippen molar-refractivity contribution >= 4 is 11.3 Å². The number of hydrogen-bond acceptors (Lipinski definition) is 4. The van der Waals surface area contributed by atoms with Crippen molar-refractivity contribution in [1.82, 2.24) is 0 Å². The molecule has 0 unspecified atom stereocenters. The van der Waals surface area contributed by atoms with Crippen molar-refractivity contribution in [2.45, 2.75) is 26.2 Å². The molecule has 0 saturated carbocycles. The van der Waals surface area contributed by atoms with E-state index in [1.807, 2.05) is 20.8 Å². The molecule has 1 aromatic heterocycles. The van der Waals surface area contributed by atoms with Crippen LogP contribution in [0.1, 0.15) is 26.3 Å². The van der Waals surface area contributed by atoms with Gasteiger partial charge < -0.3 is 15.3 Å². The number of hydrogen-bond donors (Lipinski definition) is 3. The molecule has 1 aromatic rings. The quantitative estimate of drug-likeness (QED) is 0.584. The van der Waals surface area contributed by atoms with Crippen LogP contribution in [0.2, 0.25) is 0 Å². The molecule has 1 heterocycles. The van der Waals surface area contributed by atoms with Gasteiger partial charge in [-0.05, 0) is 5.41 Å². The van der Waals surface area contributed by atoms with E-state index in [0.717, 1.165) is 11.3 Å². The normalized spacial score (nSPS) is 11.9. The third kappa shape index (κ3) is 1.34. The van der Waals surface area contributed by atoms with E-state index in [-0.39, 0.29) is 21.3 Å². The van der Waals surface area contributed by atoms with E-state index in [2.05, 4.69) is 0 Å². The largest absolute Gasteiger partial charge is 0.503 e. The van der Waals surface area contributed by atoms with Crippen LogP contribution < -0.4 is 0 Å². The van der Waals surface area contributed by atoms with Crippen LogP contribution in [0.25, 0.3) is 0 Å². The molecule has 0 bridgehead atoms. The Morgan fingerprint density at radius 3 is 1.67 bits per heavy atom. The average molecular weight is 188 g/mol. The SMILES string of the molecule is CC(C)(C)c1c(O)sc(O)c1O. The monoisotopic (exact) mass is 188 g/mol. The van der Waals surface area contributed by atoms with Gasteiger partial charge in [-0.3, -0.25) is 0 Å². The predicted octanol–water partition coefficient (Wildman–Crippen LogP) is 2.16. The van der Waals surface area contributed by atoms with Gasteiger partial charge in [0.05, 0.1) is 5.56 Å².